The summed E-state index contributed by atoms with van der Waals surface area (Å²) < 4.78 is 6.88. The van der Waals surface area contributed by atoms with Crippen LogP contribution in [0.2, 0.25) is 0 Å². The van der Waals surface area contributed by atoms with Crippen LogP contribution in [0.1, 0.15) is 22.6 Å². The number of benzene rings is 2. The summed E-state index contributed by atoms with van der Waals surface area (Å²) in [4.78, 5) is 4.90. The van der Waals surface area contributed by atoms with Gasteiger partial charge in [-0.1, -0.05) is 12.1 Å². The van der Waals surface area contributed by atoms with E-state index in [1.54, 1.807) is 0 Å². The van der Waals surface area contributed by atoms with Crippen molar-refractivity contribution >= 4 is 27.1 Å². The summed E-state index contributed by atoms with van der Waals surface area (Å²) in [7, 11) is 2.24. The van der Waals surface area contributed by atoms with Crippen molar-refractivity contribution in [2.24, 2.45) is 0 Å². The van der Waals surface area contributed by atoms with Gasteiger partial charge in [0, 0.05) is 42.5 Å². The number of hydrogen-bond acceptors (Lipinski definition) is 4. The third kappa shape index (κ3) is 2.92. The molecule has 134 valence electrons. The van der Waals surface area contributed by atoms with Gasteiger partial charge in [-0.15, -0.1) is 11.3 Å². The molecule has 0 amide bonds. The van der Waals surface area contributed by atoms with E-state index in [0.29, 0.717) is 5.92 Å². The minimum atomic E-state index is 0.451. The van der Waals surface area contributed by atoms with Crippen molar-refractivity contribution in [1.82, 2.24) is 4.90 Å². The Morgan fingerprint density at radius 1 is 1.04 bits per heavy atom. The van der Waals surface area contributed by atoms with Crippen LogP contribution in [0.4, 0.5) is 5.69 Å². The van der Waals surface area contributed by atoms with Crippen LogP contribution in [0.15, 0.2) is 47.8 Å². The normalized spacial score (nSPS) is 21.1. The lowest BCUT2D eigenvalue weighted by Crippen LogP contribution is -2.36. The fourth-order valence-corrected chi connectivity index (χ4v) is 5.11. The van der Waals surface area contributed by atoms with Crippen molar-refractivity contribution in [3.8, 4) is 0 Å². The average molecular weight is 365 g/mol. The predicted octanol–water partition coefficient (Wildman–Crippen LogP) is 4.32. The molecule has 5 rings (SSSR count). The molecule has 4 heteroatoms. The fourth-order valence-electron chi connectivity index (χ4n) is 4.34. The first-order valence-corrected chi connectivity index (χ1v) is 10.3. The van der Waals surface area contributed by atoms with Gasteiger partial charge < -0.3 is 14.5 Å². The Labute approximate surface area is 158 Å². The molecule has 1 atom stereocenters. The summed E-state index contributed by atoms with van der Waals surface area (Å²) in [5.74, 6) is 0.451. The molecule has 1 aromatic heterocycles. The highest BCUT2D eigenvalue weighted by atomic mass is 32.1. The average Bonchev–Trinajstić information content (AvgIpc) is 3.15. The summed E-state index contributed by atoms with van der Waals surface area (Å²) in [6, 6.07) is 16.3. The molecule has 0 unspecified atom stereocenters. The largest absolute Gasteiger partial charge is 0.378 e. The first-order chi connectivity index (χ1) is 12.8. The number of anilines is 1. The van der Waals surface area contributed by atoms with Crippen LogP contribution in [0, 0.1) is 0 Å². The van der Waals surface area contributed by atoms with Crippen LogP contribution >= 0.6 is 11.3 Å². The van der Waals surface area contributed by atoms with E-state index >= 15 is 0 Å². The Bertz CT molecular complexity index is 929. The second-order valence-corrected chi connectivity index (χ2v) is 8.40. The lowest BCUT2D eigenvalue weighted by Gasteiger charge is -2.35. The number of nitrogens with zero attached hydrogens (tertiary/aromatic N) is 2. The number of likely N-dealkylation sites (N-methyl/N-ethyl adjacent to an activating group) is 1. The minimum Gasteiger partial charge on any atom is -0.378 e. The van der Waals surface area contributed by atoms with Crippen LogP contribution in [-0.2, 0) is 11.3 Å². The van der Waals surface area contributed by atoms with Gasteiger partial charge in [0.2, 0.25) is 0 Å². The van der Waals surface area contributed by atoms with E-state index < -0.39 is 0 Å². The molecule has 2 aromatic carbocycles. The Hall–Kier alpha value is -1.88. The van der Waals surface area contributed by atoms with Gasteiger partial charge in [0.1, 0.15) is 0 Å². The standard InChI is InChI=1S/C22H24N2OS/c1-23-14-18-13-19(24-7-9-25-10-8-24)3-4-20(18)21(15-23)16-2-5-22-17(12-16)6-11-26-22/h2-6,11-13,21H,7-10,14-15H2,1H3/t21-/m0/s1. The number of fused-ring (bicyclic) bond motifs is 2. The molecular formula is C22H24N2OS. The summed E-state index contributed by atoms with van der Waals surface area (Å²) in [6.45, 7) is 5.77. The van der Waals surface area contributed by atoms with Gasteiger partial charge in [0.25, 0.3) is 0 Å². The first kappa shape index (κ1) is 16.3. The van der Waals surface area contributed by atoms with Gasteiger partial charge in [0.15, 0.2) is 0 Å². The van der Waals surface area contributed by atoms with Crippen molar-refractivity contribution in [3.63, 3.8) is 0 Å². The van der Waals surface area contributed by atoms with Gasteiger partial charge >= 0.3 is 0 Å². The Morgan fingerprint density at radius 3 is 2.81 bits per heavy atom. The minimum absolute atomic E-state index is 0.451. The van der Waals surface area contributed by atoms with E-state index in [2.05, 4.69) is 64.7 Å². The zero-order valence-corrected chi connectivity index (χ0v) is 16.0. The predicted molar refractivity (Wildman–Crippen MR) is 109 cm³/mol. The van der Waals surface area contributed by atoms with Crippen molar-refractivity contribution in [3.05, 3.63) is 64.5 Å². The third-order valence-corrected chi connectivity index (χ3v) is 6.59. The Morgan fingerprint density at radius 2 is 1.92 bits per heavy atom. The molecule has 3 heterocycles. The number of ether oxygens (including phenoxy) is 1. The maximum atomic E-state index is 5.51. The first-order valence-electron chi connectivity index (χ1n) is 9.39. The third-order valence-electron chi connectivity index (χ3n) is 5.69. The Balaban J connectivity index is 1.52. The maximum Gasteiger partial charge on any atom is 0.0642 e. The van der Waals surface area contributed by atoms with E-state index in [4.69, 9.17) is 4.74 Å². The molecule has 1 fully saturated rings. The summed E-state index contributed by atoms with van der Waals surface area (Å²) in [5, 5.41) is 3.55. The van der Waals surface area contributed by atoms with Crippen molar-refractivity contribution < 1.29 is 4.74 Å². The summed E-state index contributed by atoms with van der Waals surface area (Å²) in [5.41, 5.74) is 5.74. The second-order valence-electron chi connectivity index (χ2n) is 7.45. The molecule has 2 aliphatic rings. The summed E-state index contributed by atoms with van der Waals surface area (Å²) >= 11 is 1.82. The van der Waals surface area contributed by atoms with Gasteiger partial charge in [-0.3, -0.25) is 0 Å². The second kappa shape index (κ2) is 6.69. The van der Waals surface area contributed by atoms with Gasteiger partial charge in [-0.05, 0) is 64.8 Å². The molecule has 0 radical (unpaired) electrons. The number of morpholine rings is 1. The van der Waals surface area contributed by atoms with Crippen LogP contribution < -0.4 is 4.90 Å². The highest BCUT2D eigenvalue weighted by Gasteiger charge is 2.26. The highest BCUT2D eigenvalue weighted by Crippen LogP contribution is 2.36. The lowest BCUT2D eigenvalue weighted by molar-refractivity contribution is 0.122. The van der Waals surface area contributed by atoms with Gasteiger partial charge in [0.05, 0.1) is 13.2 Å². The molecular weight excluding hydrogens is 340 g/mol. The maximum absolute atomic E-state index is 5.51. The number of hydrogen-bond donors (Lipinski definition) is 0. The van der Waals surface area contributed by atoms with E-state index in [1.807, 2.05) is 11.3 Å². The van der Waals surface area contributed by atoms with Gasteiger partial charge in [-0.25, -0.2) is 0 Å². The number of rotatable bonds is 2. The van der Waals surface area contributed by atoms with Crippen LogP contribution in [0.25, 0.3) is 10.1 Å². The Kier molecular flexibility index (Phi) is 4.20. The van der Waals surface area contributed by atoms with E-state index in [0.717, 1.165) is 39.4 Å². The molecule has 1 saturated heterocycles. The van der Waals surface area contributed by atoms with Crippen molar-refractivity contribution in [2.45, 2.75) is 12.5 Å². The van der Waals surface area contributed by atoms with E-state index in [9.17, 15) is 0 Å². The molecule has 0 N–H and O–H groups in total. The quantitative estimate of drug-likeness (QED) is 0.674. The number of thiophene rings is 1. The molecule has 3 nitrogen and oxygen atoms in total. The fraction of sp³-hybridized carbons (Fsp3) is 0.364. The van der Waals surface area contributed by atoms with Crippen LogP contribution in [0.3, 0.4) is 0 Å². The van der Waals surface area contributed by atoms with Gasteiger partial charge in [-0.2, -0.15) is 0 Å². The van der Waals surface area contributed by atoms with Crippen molar-refractivity contribution in [1.29, 1.82) is 0 Å². The van der Waals surface area contributed by atoms with Crippen LogP contribution in [0.5, 0.6) is 0 Å². The van der Waals surface area contributed by atoms with Crippen molar-refractivity contribution in [2.75, 3.05) is 44.8 Å². The zero-order chi connectivity index (χ0) is 17.5. The highest BCUT2D eigenvalue weighted by molar-refractivity contribution is 7.17. The topological polar surface area (TPSA) is 15.7 Å². The SMILES string of the molecule is CN1Cc2cc(N3CCOCC3)ccc2[C@H](c2ccc3sccc3c2)C1. The lowest BCUT2D eigenvalue weighted by atomic mass is 9.84. The van der Waals surface area contributed by atoms with E-state index in [1.165, 1.54) is 32.5 Å². The molecule has 3 aromatic rings. The molecule has 0 spiro atoms. The molecule has 2 aliphatic heterocycles. The monoisotopic (exact) mass is 364 g/mol. The molecule has 0 aliphatic carbocycles. The molecule has 0 saturated carbocycles. The van der Waals surface area contributed by atoms with Crippen LogP contribution in [-0.4, -0.2) is 44.8 Å². The smallest absolute Gasteiger partial charge is 0.0642 e. The molecule has 26 heavy (non-hydrogen) atoms. The molecule has 0 bridgehead atoms. The zero-order valence-electron chi connectivity index (χ0n) is 15.1. The summed E-state index contributed by atoms with van der Waals surface area (Å²) in [6.07, 6.45) is 0. The van der Waals surface area contributed by atoms with E-state index in [-0.39, 0.29) is 0 Å².